The highest BCUT2D eigenvalue weighted by atomic mass is 35.5. The zero-order chi connectivity index (χ0) is 13.0. The van der Waals surface area contributed by atoms with Gasteiger partial charge in [-0.25, -0.2) is 4.98 Å². The Kier molecular flexibility index (Phi) is 6.09. The second kappa shape index (κ2) is 7.34. The minimum absolute atomic E-state index is 0. The number of nitrogen functional groups attached to an aromatic ring is 1. The molecule has 0 bridgehead atoms. The molecule has 19 heavy (non-hydrogen) atoms. The minimum atomic E-state index is -0.109. The van der Waals surface area contributed by atoms with Crippen LogP contribution >= 0.6 is 12.4 Å². The lowest BCUT2D eigenvalue weighted by molar-refractivity contribution is 0.0916. The minimum Gasteiger partial charge on any atom is -0.384 e. The Bertz CT molecular complexity index is 417. The SMILES string of the molecule is CCC1CCC(NC(=O)c2cccc(N)n2)CC1.Cl. The molecule has 1 amide bonds. The highest BCUT2D eigenvalue weighted by Crippen LogP contribution is 2.26. The Balaban J connectivity index is 0.00000180. The lowest BCUT2D eigenvalue weighted by Gasteiger charge is -2.28. The quantitative estimate of drug-likeness (QED) is 0.896. The number of rotatable bonds is 3. The van der Waals surface area contributed by atoms with E-state index in [1.807, 2.05) is 0 Å². The Hall–Kier alpha value is -1.29. The van der Waals surface area contributed by atoms with Crippen LogP contribution in [0.3, 0.4) is 0 Å². The van der Waals surface area contributed by atoms with Gasteiger partial charge in [-0.05, 0) is 43.7 Å². The molecule has 106 valence electrons. The van der Waals surface area contributed by atoms with E-state index in [2.05, 4.69) is 17.2 Å². The molecule has 1 aliphatic rings. The number of amides is 1. The van der Waals surface area contributed by atoms with E-state index in [4.69, 9.17) is 5.73 Å². The number of pyridine rings is 1. The second-order valence-corrected chi connectivity index (χ2v) is 5.05. The maximum absolute atomic E-state index is 12.0. The molecule has 0 radical (unpaired) electrons. The topological polar surface area (TPSA) is 68.0 Å². The highest BCUT2D eigenvalue weighted by molar-refractivity contribution is 5.92. The first-order chi connectivity index (χ1) is 8.69. The van der Waals surface area contributed by atoms with E-state index in [-0.39, 0.29) is 18.3 Å². The van der Waals surface area contributed by atoms with Crippen LogP contribution in [-0.2, 0) is 0 Å². The number of carbonyl (C=O) groups excluding carboxylic acids is 1. The molecule has 0 spiro atoms. The van der Waals surface area contributed by atoms with Gasteiger partial charge in [-0.15, -0.1) is 12.4 Å². The molecule has 1 fully saturated rings. The molecule has 0 aliphatic heterocycles. The summed E-state index contributed by atoms with van der Waals surface area (Å²) in [7, 11) is 0. The molecule has 0 unspecified atom stereocenters. The summed E-state index contributed by atoms with van der Waals surface area (Å²) in [5.41, 5.74) is 5.98. The van der Waals surface area contributed by atoms with Gasteiger partial charge >= 0.3 is 0 Å². The molecular weight excluding hydrogens is 262 g/mol. The molecule has 0 saturated heterocycles. The van der Waals surface area contributed by atoms with Crippen molar-refractivity contribution in [1.29, 1.82) is 0 Å². The first-order valence-corrected chi connectivity index (χ1v) is 6.72. The average molecular weight is 284 g/mol. The zero-order valence-corrected chi connectivity index (χ0v) is 12.1. The lowest BCUT2D eigenvalue weighted by atomic mass is 9.84. The fraction of sp³-hybridized carbons (Fsp3) is 0.571. The van der Waals surface area contributed by atoms with Gasteiger partial charge in [-0.2, -0.15) is 0 Å². The lowest BCUT2D eigenvalue weighted by Crippen LogP contribution is -2.38. The van der Waals surface area contributed by atoms with Crippen molar-refractivity contribution in [2.75, 3.05) is 5.73 Å². The van der Waals surface area contributed by atoms with Gasteiger partial charge in [-0.3, -0.25) is 4.79 Å². The Morgan fingerprint density at radius 1 is 1.37 bits per heavy atom. The van der Waals surface area contributed by atoms with Gasteiger partial charge < -0.3 is 11.1 Å². The first kappa shape index (κ1) is 15.8. The van der Waals surface area contributed by atoms with Crippen LogP contribution in [0.5, 0.6) is 0 Å². The standard InChI is InChI=1S/C14H21N3O.ClH/c1-2-10-6-8-11(9-7-10)16-14(18)12-4-3-5-13(15)17-12;/h3-5,10-11H,2,6-9H2,1H3,(H2,15,17)(H,16,18);1H. The molecule has 4 nitrogen and oxygen atoms in total. The van der Waals surface area contributed by atoms with Gasteiger partial charge in [0.05, 0.1) is 0 Å². The van der Waals surface area contributed by atoms with Crippen molar-refractivity contribution >= 4 is 24.1 Å². The molecule has 5 heteroatoms. The molecule has 1 aliphatic carbocycles. The summed E-state index contributed by atoms with van der Waals surface area (Å²) < 4.78 is 0. The predicted octanol–water partition coefficient (Wildman–Crippen LogP) is 2.78. The normalized spacial score (nSPS) is 22.4. The van der Waals surface area contributed by atoms with Gasteiger partial charge in [0.25, 0.3) is 5.91 Å². The Morgan fingerprint density at radius 2 is 2.05 bits per heavy atom. The molecular formula is C14H22ClN3O. The fourth-order valence-electron chi connectivity index (χ4n) is 2.55. The Morgan fingerprint density at radius 3 is 2.63 bits per heavy atom. The van der Waals surface area contributed by atoms with Crippen LogP contribution < -0.4 is 11.1 Å². The van der Waals surface area contributed by atoms with Crippen molar-refractivity contribution in [3.63, 3.8) is 0 Å². The van der Waals surface area contributed by atoms with Gasteiger partial charge in [0, 0.05) is 6.04 Å². The maximum Gasteiger partial charge on any atom is 0.270 e. The molecule has 0 atom stereocenters. The molecule has 0 aromatic carbocycles. The number of hydrogen-bond acceptors (Lipinski definition) is 3. The van der Waals surface area contributed by atoms with Gasteiger partial charge in [-0.1, -0.05) is 19.4 Å². The third-order valence-corrected chi connectivity index (χ3v) is 3.76. The summed E-state index contributed by atoms with van der Waals surface area (Å²) in [5.74, 6) is 1.11. The van der Waals surface area contributed by atoms with Crippen molar-refractivity contribution in [3.05, 3.63) is 23.9 Å². The number of carbonyl (C=O) groups is 1. The maximum atomic E-state index is 12.0. The summed E-state index contributed by atoms with van der Waals surface area (Å²) in [6.07, 6.45) is 5.83. The van der Waals surface area contributed by atoms with Crippen molar-refractivity contribution in [2.45, 2.75) is 45.1 Å². The number of anilines is 1. The third-order valence-electron chi connectivity index (χ3n) is 3.76. The van der Waals surface area contributed by atoms with Crippen LogP contribution in [0, 0.1) is 5.92 Å². The van der Waals surface area contributed by atoms with Crippen molar-refractivity contribution in [1.82, 2.24) is 10.3 Å². The Labute approximate surface area is 120 Å². The van der Waals surface area contributed by atoms with Crippen LogP contribution in [0.25, 0.3) is 0 Å². The van der Waals surface area contributed by atoms with E-state index in [9.17, 15) is 4.79 Å². The van der Waals surface area contributed by atoms with Gasteiger partial charge in [0.1, 0.15) is 11.5 Å². The zero-order valence-electron chi connectivity index (χ0n) is 11.3. The van der Waals surface area contributed by atoms with Gasteiger partial charge in [0.15, 0.2) is 0 Å². The number of hydrogen-bond donors (Lipinski definition) is 2. The largest absolute Gasteiger partial charge is 0.384 e. The molecule has 2 rings (SSSR count). The van der Waals surface area contributed by atoms with Crippen LogP contribution in [-0.4, -0.2) is 16.9 Å². The number of aromatic nitrogens is 1. The number of nitrogens with one attached hydrogen (secondary N) is 1. The van der Waals surface area contributed by atoms with Crippen molar-refractivity contribution in [3.8, 4) is 0 Å². The average Bonchev–Trinajstić information content (AvgIpc) is 2.39. The molecule has 1 aromatic heterocycles. The highest BCUT2D eigenvalue weighted by Gasteiger charge is 2.21. The summed E-state index contributed by atoms with van der Waals surface area (Å²) in [6.45, 7) is 2.24. The number of halogens is 1. The van der Waals surface area contributed by atoms with Crippen molar-refractivity contribution in [2.24, 2.45) is 5.92 Å². The predicted molar refractivity (Wildman–Crippen MR) is 79.4 cm³/mol. The molecule has 1 aromatic rings. The second-order valence-electron chi connectivity index (χ2n) is 5.05. The first-order valence-electron chi connectivity index (χ1n) is 6.72. The fourth-order valence-corrected chi connectivity index (χ4v) is 2.55. The van der Waals surface area contributed by atoms with E-state index in [1.54, 1.807) is 18.2 Å². The summed E-state index contributed by atoms with van der Waals surface area (Å²) in [4.78, 5) is 16.0. The summed E-state index contributed by atoms with van der Waals surface area (Å²) in [5, 5.41) is 3.05. The van der Waals surface area contributed by atoms with Crippen LogP contribution in [0.15, 0.2) is 18.2 Å². The van der Waals surface area contributed by atoms with Crippen molar-refractivity contribution < 1.29 is 4.79 Å². The summed E-state index contributed by atoms with van der Waals surface area (Å²) in [6, 6.07) is 5.43. The van der Waals surface area contributed by atoms with E-state index < -0.39 is 0 Å². The van der Waals surface area contributed by atoms with Crippen LogP contribution in [0.2, 0.25) is 0 Å². The van der Waals surface area contributed by atoms with Crippen LogP contribution in [0.4, 0.5) is 5.82 Å². The number of nitrogens with two attached hydrogens (primary N) is 1. The van der Waals surface area contributed by atoms with E-state index in [0.29, 0.717) is 17.6 Å². The van der Waals surface area contributed by atoms with Crippen LogP contribution in [0.1, 0.15) is 49.5 Å². The smallest absolute Gasteiger partial charge is 0.270 e. The molecule has 1 saturated carbocycles. The third kappa shape index (κ3) is 4.39. The van der Waals surface area contributed by atoms with E-state index in [0.717, 1.165) is 18.8 Å². The van der Waals surface area contributed by atoms with Gasteiger partial charge in [0.2, 0.25) is 0 Å². The van der Waals surface area contributed by atoms with E-state index >= 15 is 0 Å². The molecule has 3 N–H and O–H groups in total. The van der Waals surface area contributed by atoms with E-state index in [1.165, 1.54) is 19.3 Å². The summed E-state index contributed by atoms with van der Waals surface area (Å²) >= 11 is 0. The molecule has 1 heterocycles. The monoisotopic (exact) mass is 283 g/mol. The number of nitrogens with zero attached hydrogens (tertiary/aromatic N) is 1.